The van der Waals surface area contributed by atoms with Crippen molar-refractivity contribution >= 4 is 5.69 Å². The summed E-state index contributed by atoms with van der Waals surface area (Å²) in [6, 6.07) is 10.2. The fourth-order valence-corrected chi connectivity index (χ4v) is 2.11. The van der Waals surface area contributed by atoms with Gasteiger partial charge in [-0.05, 0) is 42.2 Å². The Kier molecular flexibility index (Phi) is 3.43. The summed E-state index contributed by atoms with van der Waals surface area (Å²) in [6.45, 7) is 4.36. The van der Waals surface area contributed by atoms with Crippen LogP contribution in [0.3, 0.4) is 0 Å². The third-order valence-corrected chi connectivity index (χ3v) is 3.08. The first-order valence-corrected chi connectivity index (χ1v) is 6.09. The molecular weight excluding hydrogens is 208 g/mol. The van der Waals surface area contributed by atoms with Crippen LogP contribution in [0.25, 0.3) is 11.3 Å². The predicted molar refractivity (Wildman–Crippen MR) is 72.8 cm³/mol. The average molecular weight is 226 g/mol. The SMILES string of the molecule is CCc1ccc(-c2ncccc2N)cc1CC. The first-order chi connectivity index (χ1) is 8.26. The second-order valence-corrected chi connectivity index (χ2v) is 4.13. The number of rotatable bonds is 3. The van der Waals surface area contributed by atoms with Gasteiger partial charge in [-0.15, -0.1) is 0 Å². The van der Waals surface area contributed by atoms with Gasteiger partial charge in [-0.3, -0.25) is 4.98 Å². The van der Waals surface area contributed by atoms with Crippen LogP contribution >= 0.6 is 0 Å². The number of anilines is 1. The molecule has 0 spiro atoms. The predicted octanol–water partition coefficient (Wildman–Crippen LogP) is 3.46. The highest BCUT2D eigenvalue weighted by molar-refractivity contribution is 5.72. The number of hydrogen-bond acceptors (Lipinski definition) is 2. The van der Waals surface area contributed by atoms with Gasteiger partial charge in [0.05, 0.1) is 11.4 Å². The van der Waals surface area contributed by atoms with Crippen molar-refractivity contribution in [1.29, 1.82) is 0 Å². The number of pyridine rings is 1. The molecule has 0 radical (unpaired) electrons. The lowest BCUT2D eigenvalue weighted by atomic mass is 9.98. The van der Waals surface area contributed by atoms with Crippen LogP contribution in [0.4, 0.5) is 5.69 Å². The molecule has 0 aliphatic rings. The van der Waals surface area contributed by atoms with Crippen LogP contribution in [0.2, 0.25) is 0 Å². The lowest BCUT2D eigenvalue weighted by Crippen LogP contribution is -1.95. The van der Waals surface area contributed by atoms with Gasteiger partial charge < -0.3 is 5.73 Å². The fourth-order valence-electron chi connectivity index (χ4n) is 2.11. The monoisotopic (exact) mass is 226 g/mol. The number of aromatic nitrogens is 1. The van der Waals surface area contributed by atoms with E-state index in [2.05, 4.69) is 37.0 Å². The van der Waals surface area contributed by atoms with E-state index in [1.807, 2.05) is 12.1 Å². The van der Waals surface area contributed by atoms with Gasteiger partial charge in [-0.25, -0.2) is 0 Å². The summed E-state index contributed by atoms with van der Waals surface area (Å²) >= 11 is 0. The van der Waals surface area contributed by atoms with Gasteiger partial charge in [0.25, 0.3) is 0 Å². The molecule has 2 N–H and O–H groups in total. The normalized spacial score (nSPS) is 10.5. The molecular formula is C15H18N2. The molecule has 1 aromatic carbocycles. The summed E-state index contributed by atoms with van der Waals surface area (Å²) in [4.78, 5) is 4.35. The van der Waals surface area contributed by atoms with E-state index in [9.17, 15) is 0 Å². The molecule has 0 amide bonds. The Morgan fingerprint density at radius 2 is 1.82 bits per heavy atom. The quantitative estimate of drug-likeness (QED) is 0.870. The minimum absolute atomic E-state index is 0.735. The zero-order valence-electron chi connectivity index (χ0n) is 10.4. The number of aryl methyl sites for hydroxylation is 2. The van der Waals surface area contributed by atoms with Gasteiger partial charge in [-0.1, -0.05) is 26.0 Å². The van der Waals surface area contributed by atoms with Gasteiger partial charge in [0, 0.05) is 11.8 Å². The second kappa shape index (κ2) is 5.00. The van der Waals surface area contributed by atoms with Crippen molar-refractivity contribution in [3.8, 4) is 11.3 Å². The van der Waals surface area contributed by atoms with E-state index in [0.29, 0.717) is 0 Å². The number of benzene rings is 1. The second-order valence-electron chi connectivity index (χ2n) is 4.13. The summed E-state index contributed by atoms with van der Waals surface area (Å²) in [5.41, 5.74) is 11.5. The van der Waals surface area contributed by atoms with Gasteiger partial charge in [0.2, 0.25) is 0 Å². The molecule has 2 heteroatoms. The standard InChI is InChI=1S/C15H18N2/c1-3-11-7-8-13(10-12(11)4-2)15-14(16)6-5-9-17-15/h5-10H,3-4,16H2,1-2H3. The molecule has 1 heterocycles. The molecule has 0 aliphatic carbocycles. The third kappa shape index (κ3) is 2.31. The first-order valence-electron chi connectivity index (χ1n) is 6.09. The topological polar surface area (TPSA) is 38.9 Å². The largest absolute Gasteiger partial charge is 0.397 e. The molecule has 1 aromatic heterocycles. The van der Waals surface area contributed by atoms with Gasteiger partial charge in [0.15, 0.2) is 0 Å². The minimum atomic E-state index is 0.735. The van der Waals surface area contributed by atoms with Gasteiger partial charge in [0.1, 0.15) is 0 Å². The third-order valence-electron chi connectivity index (χ3n) is 3.08. The summed E-state index contributed by atoms with van der Waals surface area (Å²) < 4.78 is 0. The van der Waals surface area contributed by atoms with Crippen LogP contribution < -0.4 is 5.73 Å². The van der Waals surface area contributed by atoms with E-state index in [1.54, 1.807) is 6.20 Å². The number of nitrogens with two attached hydrogens (primary N) is 1. The van der Waals surface area contributed by atoms with Gasteiger partial charge >= 0.3 is 0 Å². The number of hydrogen-bond donors (Lipinski definition) is 1. The highest BCUT2D eigenvalue weighted by Crippen LogP contribution is 2.25. The fraction of sp³-hybridized carbons (Fsp3) is 0.267. The summed E-state index contributed by atoms with van der Waals surface area (Å²) in [7, 11) is 0. The molecule has 2 rings (SSSR count). The van der Waals surface area contributed by atoms with Gasteiger partial charge in [-0.2, -0.15) is 0 Å². The van der Waals surface area contributed by atoms with Crippen LogP contribution in [-0.4, -0.2) is 4.98 Å². The van der Waals surface area contributed by atoms with Crippen LogP contribution in [0.1, 0.15) is 25.0 Å². The van der Waals surface area contributed by atoms with Crippen molar-refractivity contribution in [2.75, 3.05) is 5.73 Å². The van der Waals surface area contributed by atoms with E-state index >= 15 is 0 Å². The maximum absolute atomic E-state index is 5.95. The van der Waals surface area contributed by atoms with Crippen LogP contribution in [0.15, 0.2) is 36.5 Å². The summed E-state index contributed by atoms with van der Waals surface area (Å²) in [5, 5.41) is 0. The molecule has 0 saturated carbocycles. The Morgan fingerprint density at radius 3 is 2.47 bits per heavy atom. The zero-order valence-corrected chi connectivity index (χ0v) is 10.4. The van der Waals surface area contributed by atoms with Crippen molar-refractivity contribution in [2.24, 2.45) is 0 Å². The molecule has 2 aromatic rings. The van der Waals surface area contributed by atoms with E-state index in [-0.39, 0.29) is 0 Å². The van der Waals surface area contributed by atoms with E-state index in [0.717, 1.165) is 29.8 Å². The number of nitrogen functional groups attached to an aromatic ring is 1. The Bertz CT molecular complexity index is 518. The molecule has 0 unspecified atom stereocenters. The van der Waals surface area contributed by atoms with Crippen molar-refractivity contribution in [2.45, 2.75) is 26.7 Å². The Hall–Kier alpha value is -1.83. The summed E-state index contributed by atoms with van der Waals surface area (Å²) in [6.07, 6.45) is 3.90. The van der Waals surface area contributed by atoms with Crippen molar-refractivity contribution in [1.82, 2.24) is 4.98 Å². The van der Waals surface area contributed by atoms with E-state index < -0.39 is 0 Å². The molecule has 88 valence electrons. The Balaban J connectivity index is 2.50. The highest BCUT2D eigenvalue weighted by Gasteiger charge is 2.06. The van der Waals surface area contributed by atoms with Crippen LogP contribution in [0, 0.1) is 0 Å². The summed E-state index contributed by atoms with van der Waals surface area (Å²) in [5.74, 6) is 0. The van der Waals surface area contributed by atoms with Crippen LogP contribution in [0.5, 0.6) is 0 Å². The Labute approximate surface area is 103 Å². The lowest BCUT2D eigenvalue weighted by molar-refractivity contribution is 1.04. The smallest absolute Gasteiger partial charge is 0.0931 e. The minimum Gasteiger partial charge on any atom is -0.397 e. The average Bonchev–Trinajstić information content (AvgIpc) is 2.38. The molecule has 0 fully saturated rings. The molecule has 0 saturated heterocycles. The molecule has 0 atom stereocenters. The van der Waals surface area contributed by atoms with Crippen molar-refractivity contribution in [3.63, 3.8) is 0 Å². The maximum atomic E-state index is 5.95. The molecule has 0 bridgehead atoms. The first kappa shape index (κ1) is 11.6. The molecule has 0 aliphatic heterocycles. The van der Waals surface area contributed by atoms with Crippen molar-refractivity contribution < 1.29 is 0 Å². The van der Waals surface area contributed by atoms with E-state index in [4.69, 9.17) is 5.73 Å². The lowest BCUT2D eigenvalue weighted by Gasteiger charge is -2.10. The highest BCUT2D eigenvalue weighted by atomic mass is 14.7. The van der Waals surface area contributed by atoms with E-state index in [1.165, 1.54) is 11.1 Å². The maximum Gasteiger partial charge on any atom is 0.0931 e. The van der Waals surface area contributed by atoms with Crippen molar-refractivity contribution in [3.05, 3.63) is 47.7 Å². The van der Waals surface area contributed by atoms with Crippen LogP contribution in [-0.2, 0) is 12.8 Å². The number of nitrogens with zero attached hydrogens (tertiary/aromatic N) is 1. The Morgan fingerprint density at radius 1 is 1.06 bits per heavy atom. The molecule has 17 heavy (non-hydrogen) atoms. The molecule has 2 nitrogen and oxygen atoms in total. The zero-order chi connectivity index (χ0) is 12.3.